The summed E-state index contributed by atoms with van der Waals surface area (Å²) in [5, 5.41) is 27.8. The summed E-state index contributed by atoms with van der Waals surface area (Å²) >= 11 is 0. The SMILES string of the molecule is CCCNCOc1ccc(CO/N=c2/ccn([C@@H]3O[C@H](COP(=O)(O)CP(=O)(O)O)[C@H](O)C3O)c(=O)n2C)cc1. The molecular formula is C22H34N4O12P2. The topological polar surface area (TPSA) is 224 Å². The smallest absolute Gasteiger partial charge is 0.340 e. The molecule has 1 aromatic heterocycles. The van der Waals surface area contributed by atoms with Gasteiger partial charge in [-0.1, -0.05) is 24.2 Å². The number of rotatable bonds is 14. The standard InChI is InChI=1S/C22H34N4O12P2/c1-3-9-23-13-35-16-6-4-15(5-7-16)11-36-24-18-8-10-26(22(29)25(18)2)21-20(28)19(27)17(38-21)12-37-40(33,34)14-39(30,31)32/h4-8,10,17,19-21,23,27-28H,3,9,11-14H2,1-2H3,(H,33,34)(H2,30,31,32)/b24-18-/t17-,19+,20?,21-/m1/s1. The first-order valence-corrected chi connectivity index (χ1v) is 15.8. The maximum atomic E-state index is 12.9. The van der Waals surface area contributed by atoms with E-state index in [1.54, 1.807) is 12.1 Å². The van der Waals surface area contributed by atoms with Crippen LogP contribution in [0.4, 0.5) is 0 Å². The highest BCUT2D eigenvalue weighted by molar-refractivity contribution is 7.70. The Hall–Kier alpha value is -2.36. The van der Waals surface area contributed by atoms with Crippen LogP contribution in [0.25, 0.3) is 0 Å². The Morgan fingerprint density at radius 1 is 1.10 bits per heavy atom. The Labute approximate surface area is 229 Å². The summed E-state index contributed by atoms with van der Waals surface area (Å²) in [6, 6.07) is 8.63. The molecule has 3 rings (SSSR count). The molecule has 1 aliphatic heterocycles. The average molecular weight is 608 g/mol. The van der Waals surface area contributed by atoms with Crippen molar-refractivity contribution in [2.75, 3.05) is 25.8 Å². The van der Waals surface area contributed by atoms with Crippen LogP contribution in [0.15, 0.2) is 46.5 Å². The van der Waals surface area contributed by atoms with Crippen molar-refractivity contribution >= 4 is 15.2 Å². The van der Waals surface area contributed by atoms with Gasteiger partial charge in [0.15, 0.2) is 17.6 Å². The molecule has 16 nitrogen and oxygen atoms in total. The quantitative estimate of drug-likeness (QED) is 0.0690. The summed E-state index contributed by atoms with van der Waals surface area (Å²) in [5.41, 5.74) is 0.275. The molecule has 2 heterocycles. The first kappa shape index (κ1) is 32.2. The van der Waals surface area contributed by atoms with Crippen LogP contribution in [-0.4, -0.2) is 78.1 Å². The Kier molecular flexibility index (Phi) is 11.3. The molecule has 0 bridgehead atoms. The van der Waals surface area contributed by atoms with Gasteiger partial charge in [-0.15, -0.1) is 0 Å². The van der Waals surface area contributed by atoms with Crippen LogP contribution in [0.3, 0.4) is 0 Å². The van der Waals surface area contributed by atoms with Crippen LogP contribution in [0.2, 0.25) is 0 Å². The fraction of sp³-hybridized carbons (Fsp3) is 0.545. The second-order valence-electron chi connectivity index (χ2n) is 9.01. The summed E-state index contributed by atoms with van der Waals surface area (Å²) in [6.45, 7) is 2.68. The largest absolute Gasteiger partial charge is 0.478 e. The van der Waals surface area contributed by atoms with Crippen molar-refractivity contribution in [3.05, 3.63) is 58.1 Å². The maximum Gasteiger partial charge on any atom is 0.340 e. The van der Waals surface area contributed by atoms with Gasteiger partial charge in [0, 0.05) is 19.3 Å². The number of nitrogens with one attached hydrogen (secondary N) is 1. The monoisotopic (exact) mass is 608 g/mol. The van der Waals surface area contributed by atoms with Gasteiger partial charge in [-0.05, 0) is 30.7 Å². The zero-order valence-corrected chi connectivity index (χ0v) is 23.6. The normalized spacial score (nSPS) is 23.2. The lowest BCUT2D eigenvalue weighted by Crippen LogP contribution is -2.42. The van der Waals surface area contributed by atoms with Crippen molar-refractivity contribution < 1.29 is 52.9 Å². The minimum absolute atomic E-state index is 0.118. The zero-order valence-electron chi connectivity index (χ0n) is 21.8. The van der Waals surface area contributed by atoms with Gasteiger partial charge in [-0.3, -0.25) is 23.6 Å². The van der Waals surface area contributed by atoms with Crippen LogP contribution in [-0.2, 0) is 36.9 Å². The molecule has 2 unspecified atom stereocenters. The number of hydrogen-bond donors (Lipinski definition) is 6. The molecule has 0 amide bonds. The van der Waals surface area contributed by atoms with Crippen molar-refractivity contribution in [1.82, 2.24) is 14.5 Å². The van der Waals surface area contributed by atoms with Gasteiger partial charge < -0.3 is 43.7 Å². The summed E-state index contributed by atoms with van der Waals surface area (Å²) in [4.78, 5) is 45.7. The summed E-state index contributed by atoms with van der Waals surface area (Å²) < 4.78 is 40.7. The molecule has 224 valence electrons. The van der Waals surface area contributed by atoms with Crippen molar-refractivity contribution in [3.8, 4) is 5.75 Å². The Morgan fingerprint density at radius 3 is 2.45 bits per heavy atom. The number of aliphatic hydroxyl groups excluding tert-OH is 2. The predicted molar refractivity (Wildman–Crippen MR) is 139 cm³/mol. The van der Waals surface area contributed by atoms with E-state index in [4.69, 9.17) is 24.1 Å². The highest BCUT2D eigenvalue weighted by Gasteiger charge is 2.45. The van der Waals surface area contributed by atoms with Crippen LogP contribution < -0.4 is 21.2 Å². The van der Waals surface area contributed by atoms with E-state index in [0.29, 0.717) is 12.5 Å². The van der Waals surface area contributed by atoms with Crippen LogP contribution >= 0.6 is 15.2 Å². The molecule has 40 heavy (non-hydrogen) atoms. The second-order valence-corrected chi connectivity index (χ2v) is 13.0. The second kappa shape index (κ2) is 14.0. The van der Waals surface area contributed by atoms with Crippen LogP contribution in [0.1, 0.15) is 25.1 Å². The lowest BCUT2D eigenvalue weighted by atomic mass is 10.1. The van der Waals surface area contributed by atoms with E-state index in [1.165, 1.54) is 19.3 Å². The lowest BCUT2D eigenvalue weighted by Gasteiger charge is -2.19. The lowest BCUT2D eigenvalue weighted by molar-refractivity contribution is -0.0530. The minimum Gasteiger partial charge on any atom is -0.478 e. The van der Waals surface area contributed by atoms with E-state index >= 15 is 0 Å². The van der Waals surface area contributed by atoms with Gasteiger partial charge in [-0.25, -0.2) is 4.79 Å². The van der Waals surface area contributed by atoms with Crippen LogP contribution in [0, 0.1) is 0 Å². The predicted octanol–water partition coefficient (Wildman–Crippen LogP) is -0.488. The number of aliphatic hydroxyl groups is 2. The number of ether oxygens (including phenoxy) is 2. The highest BCUT2D eigenvalue weighted by atomic mass is 31.2. The number of aromatic nitrogens is 2. The fourth-order valence-electron chi connectivity index (χ4n) is 3.68. The molecule has 18 heteroatoms. The van der Waals surface area contributed by atoms with Gasteiger partial charge >= 0.3 is 20.9 Å². The van der Waals surface area contributed by atoms with Crippen molar-refractivity contribution in [3.63, 3.8) is 0 Å². The van der Waals surface area contributed by atoms with E-state index in [-0.39, 0.29) is 12.1 Å². The highest BCUT2D eigenvalue weighted by Crippen LogP contribution is 2.55. The number of hydrogen-bond acceptors (Lipinski definition) is 11. The fourth-order valence-corrected chi connectivity index (χ4v) is 6.25. The third-order valence-corrected chi connectivity index (χ3v) is 9.19. The third-order valence-electron chi connectivity index (χ3n) is 5.73. The van der Waals surface area contributed by atoms with Gasteiger partial charge in [0.2, 0.25) is 0 Å². The van der Waals surface area contributed by atoms with E-state index in [9.17, 15) is 29.0 Å². The molecule has 1 aromatic carbocycles. The van der Waals surface area contributed by atoms with Crippen molar-refractivity contribution in [2.45, 2.75) is 44.5 Å². The van der Waals surface area contributed by atoms with E-state index in [0.717, 1.165) is 27.7 Å². The molecule has 1 saturated heterocycles. The van der Waals surface area contributed by atoms with Crippen LogP contribution in [0.5, 0.6) is 5.75 Å². The Bertz CT molecular complexity index is 1340. The molecule has 1 aliphatic rings. The van der Waals surface area contributed by atoms with E-state index < -0.39 is 57.9 Å². The summed E-state index contributed by atoms with van der Waals surface area (Å²) in [7, 11) is -8.16. The molecule has 1 fully saturated rings. The van der Waals surface area contributed by atoms with E-state index in [1.807, 2.05) is 12.1 Å². The summed E-state index contributed by atoms with van der Waals surface area (Å²) in [6.07, 6.45) is -3.75. The Morgan fingerprint density at radius 2 is 1.80 bits per heavy atom. The zero-order chi connectivity index (χ0) is 29.5. The maximum absolute atomic E-state index is 12.9. The number of benzene rings is 1. The molecule has 2 aromatic rings. The molecule has 5 atom stereocenters. The van der Waals surface area contributed by atoms with Crippen molar-refractivity contribution in [2.24, 2.45) is 12.2 Å². The Balaban J connectivity index is 1.62. The van der Waals surface area contributed by atoms with E-state index in [2.05, 4.69) is 21.9 Å². The van der Waals surface area contributed by atoms with Gasteiger partial charge in [0.05, 0.1) is 6.61 Å². The molecule has 0 radical (unpaired) electrons. The minimum atomic E-state index is -4.85. The average Bonchev–Trinajstić information content (AvgIpc) is 3.16. The molecule has 0 aliphatic carbocycles. The number of nitrogens with zero attached hydrogens (tertiary/aromatic N) is 3. The molecule has 6 N–H and O–H groups in total. The van der Waals surface area contributed by atoms with Gasteiger partial charge in [0.1, 0.15) is 37.4 Å². The summed E-state index contributed by atoms with van der Waals surface area (Å²) in [5.74, 6) is -0.728. The molecular weight excluding hydrogens is 574 g/mol. The molecule has 0 saturated carbocycles. The first-order chi connectivity index (χ1) is 18.8. The molecule has 0 spiro atoms. The van der Waals surface area contributed by atoms with Crippen molar-refractivity contribution in [1.29, 1.82) is 0 Å². The first-order valence-electron chi connectivity index (χ1n) is 12.2. The van der Waals surface area contributed by atoms with Gasteiger partial charge in [-0.2, -0.15) is 0 Å². The van der Waals surface area contributed by atoms with Gasteiger partial charge in [0.25, 0.3) is 0 Å². The third kappa shape index (κ3) is 9.08.